The third-order valence-electron chi connectivity index (χ3n) is 3.55. The summed E-state index contributed by atoms with van der Waals surface area (Å²) in [4.78, 5) is 23.2. The predicted octanol–water partition coefficient (Wildman–Crippen LogP) is 1.17. The fraction of sp³-hybridized carbons (Fsp3) is 0.357. The summed E-state index contributed by atoms with van der Waals surface area (Å²) < 4.78 is 5.15. The summed E-state index contributed by atoms with van der Waals surface area (Å²) in [6.45, 7) is 1.70. The molecule has 0 spiro atoms. The van der Waals surface area contributed by atoms with E-state index >= 15 is 0 Å². The fourth-order valence-corrected chi connectivity index (χ4v) is 2.09. The molecule has 1 fully saturated rings. The zero-order valence-corrected chi connectivity index (χ0v) is 11.4. The molecule has 0 aliphatic carbocycles. The summed E-state index contributed by atoms with van der Waals surface area (Å²) in [5.74, 6) is -1.03. The van der Waals surface area contributed by atoms with E-state index in [4.69, 9.17) is 10.00 Å². The van der Waals surface area contributed by atoms with Crippen LogP contribution < -0.4 is 10.6 Å². The van der Waals surface area contributed by atoms with Crippen LogP contribution in [-0.4, -0.2) is 36.4 Å². The molecule has 2 rings (SSSR count). The summed E-state index contributed by atoms with van der Waals surface area (Å²) in [5, 5.41) is 23.3. The number of carbonyl (C=O) groups excluding carboxylic acids is 1. The van der Waals surface area contributed by atoms with Crippen LogP contribution in [0.2, 0.25) is 0 Å². The molecule has 2 atom stereocenters. The first-order valence-corrected chi connectivity index (χ1v) is 6.35. The molecule has 0 saturated carbocycles. The second-order valence-electron chi connectivity index (χ2n) is 5.05. The number of urea groups is 1. The number of hydrogen-bond donors (Lipinski definition) is 3. The molecule has 1 saturated heterocycles. The molecule has 1 aromatic carbocycles. The van der Waals surface area contributed by atoms with Gasteiger partial charge < -0.3 is 20.5 Å². The van der Waals surface area contributed by atoms with Crippen molar-refractivity contribution in [1.82, 2.24) is 5.32 Å². The number of benzene rings is 1. The van der Waals surface area contributed by atoms with Crippen molar-refractivity contribution in [1.29, 1.82) is 5.26 Å². The third-order valence-corrected chi connectivity index (χ3v) is 3.55. The molecule has 1 aromatic rings. The van der Waals surface area contributed by atoms with Crippen molar-refractivity contribution >= 4 is 17.7 Å². The fourth-order valence-electron chi connectivity index (χ4n) is 2.09. The number of hydrogen-bond acceptors (Lipinski definition) is 4. The Labute approximate surface area is 121 Å². The van der Waals surface area contributed by atoms with E-state index in [1.807, 2.05) is 6.07 Å². The van der Waals surface area contributed by atoms with E-state index in [2.05, 4.69) is 10.6 Å². The number of rotatable bonds is 3. The van der Waals surface area contributed by atoms with Gasteiger partial charge in [-0.1, -0.05) is 12.1 Å². The standard InChI is InChI=1S/C14H15N3O4/c1-14(12(18)19)8-21-7-11(14)17-13(20)16-10-5-3-2-4-9(10)6-15/h2-5,11H,7-8H2,1H3,(H,18,19)(H2,16,17,20). The van der Waals surface area contributed by atoms with Crippen LogP contribution >= 0.6 is 0 Å². The van der Waals surface area contributed by atoms with Gasteiger partial charge in [-0.3, -0.25) is 4.79 Å². The van der Waals surface area contributed by atoms with E-state index in [0.717, 1.165) is 0 Å². The molecule has 7 nitrogen and oxygen atoms in total. The average molecular weight is 289 g/mol. The molecule has 21 heavy (non-hydrogen) atoms. The Morgan fingerprint density at radius 1 is 1.48 bits per heavy atom. The lowest BCUT2D eigenvalue weighted by molar-refractivity contribution is -0.148. The van der Waals surface area contributed by atoms with E-state index in [-0.39, 0.29) is 13.2 Å². The number of carboxylic acids is 1. The molecular weight excluding hydrogens is 274 g/mol. The van der Waals surface area contributed by atoms with Gasteiger partial charge >= 0.3 is 12.0 Å². The summed E-state index contributed by atoms with van der Waals surface area (Å²) in [5.41, 5.74) is -0.462. The minimum absolute atomic E-state index is 0.0437. The largest absolute Gasteiger partial charge is 0.481 e. The molecule has 110 valence electrons. The normalized spacial score (nSPS) is 24.1. The molecule has 3 N–H and O–H groups in total. The molecule has 1 aliphatic heterocycles. The number of amides is 2. The number of anilines is 1. The van der Waals surface area contributed by atoms with Crippen molar-refractivity contribution in [3.05, 3.63) is 29.8 Å². The van der Waals surface area contributed by atoms with Crippen LogP contribution in [0.5, 0.6) is 0 Å². The number of nitrogens with one attached hydrogen (secondary N) is 2. The van der Waals surface area contributed by atoms with Crippen molar-refractivity contribution in [2.45, 2.75) is 13.0 Å². The molecule has 0 bridgehead atoms. The van der Waals surface area contributed by atoms with Crippen LogP contribution in [0.3, 0.4) is 0 Å². The van der Waals surface area contributed by atoms with Gasteiger partial charge in [0.15, 0.2) is 0 Å². The van der Waals surface area contributed by atoms with E-state index in [1.165, 1.54) is 6.92 Å². The Kier molecular flexibility index (Phi) is 4.10. The highest BCUT2D eigenvalue weighted by molar-refractivity contribution is 5.91. The summed E-state index contributed by atoms with van der Waals surface area (Å²) in [6.07, 6.45) is 0. The first-order chi connectivity index (χ1) is 9.97. The van der Waals surface area contributed by atoms with Crippen molar-refractivity contribution in [3.63, 3.8) is 0 Å². The van der Waals surface area contributed by atoms with Crippen molar-refractivity contribution < 1.29 is 19.4 Å². The molecule has 0 aromatic heterocycles. The van der Waals surface area contributed by atoms with Crippen LogP contribution in [0.1, 0.15) is 12.5 Å². The highest BCUT2D eigenvalue weighted by atomic mass is 16.5. The van der Waals surface area contributed by atoms with E-state index in [1.54, 1.807) is 24.3 Å². The van der Waals surface area contributed by atoms with Crippen LogP contribution in [-0.2, 0) is 9.53 Å². The number of ether oxygens (including phenoxy) is 1. The van der Waals surface area contributed by atoms with Gasteiger partial charge in [0.1, 0.15) is 11.5 Å². The first-order valence-electron chi connectivity index (χ1n) is 6.35. The number of aliphatic carboxylic acids is 1. The maximum absolute atomic E-state index is 12.0. The van der Waals surface area contributed by atoms with Crippen LogP contribution in [0.25, 0.3) is 0 Å². The second kappa shape index (κ2) is 5.81. The SMILES string of the molecule is CC1(C(=O)O)COCC1NC(=O)Nc1ccccc1C#N. The number of nitrogens with zero attached hydrogens (tertiary/aromatic N) is 1. The molecule has 2 amide bonds. The van der Waals surface area contributed by atoms with Gasteiger partial charge in [-0.15, -0.1) is 0 Å². The Morgan fingerprint density at radius 2 is 2.19 bits per heavy atom. The topological polar surface area (TPSA) is 111 Å². The molecular formula is C14H15N3O4. The van der Waals surface area contributed by atoms with Gasteiger partial charge in [0.25, 0.3) is 0 Å². The summed E-state index contributed by atoms with van der Waals surface area (Å²) in [6, 6.07) is 7.32. The lowest BCUT2D eigenvalue weighted by Crippen LogP contribution is -2.50. The van der Waals surface area contributed by atoms with E-state index in [9.17, 15) is 14.7 Å². The number of nitriles is 1. The maximum Gasteiger partial charge on any atom is 0.319 e. The smallest absolute Gasteiger partial charge is 0.319 e. The minimum atomic E-state index is -1.16. The highest BCUT2D eigenvalue weighted by Gasteiger charge is 2.47. The number of para-hydroxylation sites is 1. The maximum atomic E-state index is 12.0. The monoisotopic (exact) mass is 289 g/mol. The zero-order chi connectivity index (χ0) is 15.5. The third kappa shape index (κ3) is 2.95. The highest BCUT2D eigenvalue weighted by Crippen LogP contribution is 2.28. The second-order valence-corrected chi connectivity index (χ2v) is 5.05. The first kappa shape index (κ1) is 14.8. The van der Waals surface area contributed by atoms with Crippen molar-refractivity contribution in [3.8, 4) is 6.07 Å². The van der Waals surface area contributed by atoms with E-state index < -0.39 is 23.5 Å². The average Bonchev–Trinajstić information content (AvgIpc) is 2.82. The van der Waals surface area contributed by atoms with Crippen LogP contribution in [0.15, 0.2) is 24.3 Å². The van der Waals surface area contributed by atoms with Crippen molar-refractivity contribution in [2.24, 2.45) is 5.41 Å². The molecule has 0 radical (unpaired) electrons. The zero-order valence-electron chi connectivity index (χ0n) is 11.4. The Bertz CT molecular complexity index is 610. The van der Waals surface area contributed by atoms with Gasteiger partial charge in [0.2, 0.25) is 0 Å². The Morgan fingerprint density at radius 3 is 2.86 bits per heavy atom. The number of carbonyl (C=O) groups is 2. The van der Waals surface area contributed by atoms with Crippen LogP contribution in [0.4, 0.5) is 10.5 Å². The summed E-state index contributed by atoms with van der Waals surface area (Å²) >= 11 is 0. The van der Waals surface area contributed by atoms with Gasteiger partial charge in [-0.05, 0) is 19.1 Å². The quantitative estimate of drug-likeness (QED) is 0.773. The molecule has 7 heteroatoms. The molecule has 1 aliphatic rings. The Balaban J connectivity index is 2.06. The Hall–Kier alpha value is -2.59. The molecule has 1 heterocycles. The van der Waals surface area contributed by atoms with Gasteiger partial charge in [-0.25, -0.2) is 4.79 Å². The lowest BCUT2D eigenvalue weighted by atomic mass is 9.85. The van der Waals surface area contributed by atoms with Gasteiger partial charge in [0.05, 0.1) is 30.5 Å². The van der Waals surface area contributed by atoms with Crippen molar-refractivity contribution in [2.75, 3.05) is 18.5 Å². The van der Waals surface area contributed by atoms with E-state index in [0.29, 0.717) is 11.3 Å². The number of carboxylic acid groups (broad SMARTS) is 1. The van der Waals surface area contributed by atoms with Gasteiger partial charge in [-0.2, -0.15) is 5.26 Å². The predicted molar refractivity (Wildman–Crippen MR) is 73.7 cm³/mol. The lowest BCUT2D eigenvalue weighted by Gasteiger charge is -2.25. The summed E-state index contributed by atoms with van der Waals surface area (Å²) in [7, 11) is 0. The van der Waals surface area contributed by atoms with Gasteiger partial charge in [0, 0.05) is 0 Å². The minimum Gasteiger partial charge on any atom is -0.481 e. The molecule has 2 unspecified atom stereocenters. The van der Waals surface area contributed by atoms with Crippen LogP contribution in [0, 0.1) is 16.7 Å².